The van der Waals surface area contributed by atoms with E-state index in [0.29, 0.717) is 19.1 Å². The van der Waals surface area contributed by atoms with Crippen LogP contribution in [0, 0.1) is 0 Å². The minimum atomic E-state index is 0.0985. The Labute approximate surface area is 108 Å². The molecule has 2 rings (SSSR count). The molecule has 1 aliphatic rings. The topological polar surface area (TPSA) is 69.8 Å². The highest BCUT2D eigenvalue weighted by Crippen LogP contribution is 2.17. The van der Waals surface area contributed by atoms with Crippen LogP contribution in [0.25, 0.3) is 0 Å². The SMILES string of the molecule is O=C(CNC1CCCC1)NCCCc1ncc[nH]1. The molecular formula is C13H22N4O. The average Bonchev–Trinajstić information content (AvgIpc) is 3.04. The molecule has 1 saturated carbocycles. The van der Waals surface area contributed by atoms with E-state index < -0.39 is 0 Å². The van der Waals surface area contributed by atoms with E-state index in [1.54, 1.807) is 6.20 Å². The maximum absolute atomic E-state index is 11.6. The number of carbonyl (C=O) groups is 1. The van der Waals surface area contributed by atoms with Crippen molar-refractivity contribution in [3.8, 4) is 0 Å². The number of carbonyl (C=O) groups excluding carboxylic acids is 1. The lowest BCUT2D eigenvalue weighted by Crippen LogP contribution is -2.38. The molecule has 1 aromatic heterocycles. The maximum atomic E-state index is 11.6. The molecule has 3 N–H and O–H groups in total. The summed E-state index contributed by atoms with van der Waals surface area (Å²) in [5.41, 5.74) is 0. The molecule has 1 fully saturated rings. The molecule has 5 heteroatoms. The molecule has 1 heterocycles. The summed E-state index contributed by atoms with van der Waals surface area (Å²) in [6.07, 6.45) is 10.4. The molecule has 100 valence electrons. The number of aryl methyl sites for hydroxylation is 1. The van der Waals surface area contributed by atoms with Crippen molar-refractivity contribution in [3.63, 3.8) is 0 Å². The molecule has 18 heavy (non-hydrogen) atoms. The smallest absolute Gasteiger partial charge is 0.233 e. The number of nitrogens with one attached hydrogen (secondary N) is 3. The Balaban J connectivity index is 1.49. The average molecular weight is 250 g/mol. The van der Waals surface area contributed by atoms with Crippen molar-refractivity contribution in [2.45, 2.75) is 44.6 Å². The molecule has 1 aliphatic carbocycles. The van der Waals surface area contributed by atoms with Gasteiger partial charge in [-0.3, -0.25) is 4.79 Å². The lowest BCUT2D eigenvalue weighted by atomic mass is 10.2. The van der Waals surface area contributed by atoms with Crippen molar-refractivity contribution >= 4 is 5.91 Å². The van der Waals surface area contributed by atoms with Crippen LogP contribution in [0.3, 0.4) is 0 Å². The van der Waals surface area contributed by atoms with E-state index >= 15 is 0 Å². The number of imidazole rings is 1. The van der Waals surface area contributed by atoms with E-state index in [9.17, 15) is 4.79 Å². The monoisotopic (exact) mass is 250 g/mol. The van der Waals surface area contributed by atoms with E-state index in [0.717, 1.165) is 18.7 Å². The lowest BCUT2D eigenvalue weighted by molar-refractivity contribution is -0.120. The molecule has 0 atom stereocenters. The summed E-state index contributed by atoms with van der Waals surface area (Å²) in [4.78, 5) is 18.8. The lowest BCUT2D eigenvalue weighted by Gasteiger charge is -2.11. The number of rotatable bonds is 7. The van der Waals surface area contributed by atoms with E-state index in [-0.39, 0.29) is 5.91 Å². The predicted octanol–water partition coefficient (Wildman–Crippen LogP) is 0.991. The second kappa shape index (κ2) is 7.16. The van der Waals surface area contributed by atoms with E-state index in [1.807, 2.05) is 6.20 Å². The number of hydrogen-bond donors (Lipinski definition) is 3. The summed E-state index contributed by atoms with van der Waals surface area (Å²) in [6, 6.07) is 0.555. The van der Waals surface area contributed by atoms with Gasteiger partial charge in [-0.05, 0) is 19.3 Å². The fraction of sp³-hybridized carbons (Fsp3) is 0.692. The number of amides is 1. The minimum Gasteiger partial charge on any atom is -0.355 e. The minimum absolute atomic E-state index is 0.0985. The maximum Gasteiger partial charge on any atom is 0.233 e. The van der Waals surface area contributed by atoms with Gasteiger partial charge in [-0.25, -0.2) is 4.98 Å². The quantitative estimate of drug-likeness (QED) is 0.632. The Hall–Kier alpha value is -1.36. The van der Waals surface area contributed by atoms with E-state index in [1.165, 1.54) is 25.7 Å². The van der Waals surface area contributed by atoms with Crippen LogP contribution in [0.2, 0.25) is 0 Å². The van der Waals surface area contributed by atoms with Crippen molar-refractivity contribution in [2.24, 2.45) is 0 Å². The van der Waals surface area contributed by atoms with Gasteiger partial charge in [0.2, 0.25) is 5.91 Å². The highest BCUT2D eigenvalue weighted by molar-refractivity contribution is 5.77. The van der Waals surface area contributed by atoms with Crippen LogP contribution in [0.1, 0.15) is 37.9 Å². The summed E-state index contributed by atoms with van der Waals surface area (Å²) in [5.74, 6) is 1.08. The van der Waals surface area contributed by atoms with Gasteiger partial charge in [0, 0.05) is 31.4 Å². The molecule has 0 spiro atoms. The molecule has 1 aromatic rings. The Morgan fingerprint density at radius 3 is 3.00 bits per heavy atom. The molecule has 5 nitrogen and oxygen atoms in total. The molecule has 0 aromatic carbocycles. The fourth-order valence-corrected chi connectivity index (χ4v) is 2.35. The van der Waals surface area contributed by atoms with Crippen molar-refractivity contribution in [1.82, 2.24) is 20.6 Å². The van der Waals surface area contributed by atoms with Crippen molar-refractivity contribution in [1.29, 1.82) is 0 Å². The van der Waals surface area contributed by atoms with Gasteiger partial charge in [0.15, 0.2) is 0 Å². The highest BCUT2D eigenvalue weighted by atomic mass is 16.1. The van der Waals surface area contributed by atoms with Crippen molar-refractivity contribution in [2.75, 3.05) is 13.1 Å². The summed E-state index contributed by atoms with van der Waals surface area (Å²) in [7, 11) is 0. The Morgan fingerprint density at radius 2 is 2.28 bits per heavy atom. The van der Waals surface area contributed by atoms with Crippen LogP contribution >= 0.6 is 0 Å². The van der Waals surface area contributed by atoms with Gasteiger partial charge < -0.3 is 15.6 Å². The van der Waals surface area contributed by atoms with Crippen LogP contribution in [0.5, 0.6) is 0 Å². The van der Waals surface area contributed by atoms with Gasteiger partial charge in [0.25, 0.3) is 0 Å². The molecule has 0 saturated heterocycles. The molecule has 1 amide bonds. The first kappa shape index (κ1) is 13.1. The zero-order chi connectivity index (χ0) is 12.6. The van der Waals surface area contributed by atoms with Crippen molar-refractivity contribution in [3.05, 3.63) is 18.2 Å². The first-order valence-corrected chi connectivity index (χ1v) is 6.83. The summed E-state index contributed by atoms with van der Waals surface area (Å²) < 4.78 is 0. The molecule has 0 aliphatic heterocycles. The summed E-state index contributed by atoms with van der Waals surface area (Å²) >= 11 is 0. The van der Waals surface area contributed by atoms with E-state index in [4.69, 9.17) is 0 Å². The third kappa shape index (κ3) is 4.49. The number of H-pyrrole nitrogens is 1. The number of hydrogen-bond acceptors (Lipinski definition) is 3. The Bertz CT molecular complexity index is 344. The molecule has 0 bridgehead atoms. The summed E-state index contributed by atoms with van der Waals surface area (Å²) in [5, 5.41) is 6.23. The molecule has 0 radical (unpaired) electrons. The van der Waals surface area contributed by atoms with Gasteiger partial charge >= 0.3 is 0 Å². The fourth-order valence-electron chi connectivity index (χ4n) is 2.35. The number of aromatic amines is 1. The van der Waals surface area contributed by atoms with Gasteiger partial charge in [0.05, 0.1) is 6.54 Å². The van der Waals surface area contributed by atoms with Gasteiger partial charge in [-0.1, -0.05) is 12.8 Å². The van der Waals surface area contributed by atoms with Gasteiger partial charge in [-0.15, -0.1) is 0 Å². The van der Waals surface area contributed by atoms with Crippen LogP contribution in [0.4, 0.5) is 0 Å². The first-order chi connectivity index (χ1) is 8.84. The van der Waals surface area contributed by atoms with Crippen LogP contribution in [0.15, 0.2) is 12.4 Å². The normalized spacial score (nSPS) is 16.0. The molecular weight excluding hydrogens is 228 g/mol. The highest BCUT2D eigenvalue weighted by Gasteiger charge is 2.14. The largest absolute Gasteiger partial charge is 0.355 e. The van der Waals surface area contributed by atoms with Crippen LogP contribution < -0.4 is 10.6 Å². The van der Waals surface area contributed by atoms with E-state index in [2.05, 4.69) is 20.6 Å². The van der Waals surface area contributed by atoms with Gasteiger partial charge in [-0.2, -0.15) is 0 Å². The van der Waals surface area contributed by atoms with Crippen LogP contribution in [-0.2, 0) is 11.2 Å². The Kier molecular flexibility index (Phi) is 5.20. The second-order valence-corrected chi connectivity index (χ2v) is 4.85. The third-order valence-electron chi connectivity index (χ3n) is 3.37. The number of nitrogens with zero attached hydrogens (tertiary/aromatic N) is 1. The standard InChI is InChI=1S/C13H22N4O/c18-13(10-17-11-4-1-2-5-11)16-7-3-6-12-14-8-9-15-12/h8-9,11,17H,1-7,10H2,(H,14,15)(H,16,18). The second-order valence-electron chi connectivity index (χ2n) is 4.85. The third-order valence-corrected chi connectivity index (χ3v) is 3.37. The summed E-state index contributed by atoms with van der Waals surface area (Å²) in [6.45, 7) is 1.16. The molecule has 0 unspecified atom stereocenters. The first-order valence-electron chi connectivity index (χ1n) is 6.83. The van der Waals surface area contributed by atoms with Crippen molar-refractivity contribution < 1.29 is 4.79 Å². The predicted molar refractivity (Wildman–Crippen MR) is 70.2 cm³/mol. The zero-order valence-electron chi connectivity index (χ0n) is 10.7. The van der Waals surface area contributed by atoms with Gasteiger partial charge in [0.1, 0.15) is 5.82 Å². The zero-order valence-corrected chi connectivity index (χ0v) is 10.7. The Morgan fingerprint density at radius 1 is 1.44 bits per heavy atom. The number of aromatic nitrogens is 2. The van der Waals surface area contributed by atoms with Crippen LogP contribution in [-0.4, -0.2) is 35.0 Å².